The Morgan fingerprint density at radius 2 is 0.674 bits per heavy atom. The van der Waals surface area contributed by atoms with Gasteiger partial charge in [-0.05, 0) is 75.7 Å². The fraction of sp³-hybridized carbons (Fsp3) is 0.523. The molecular formula is C88H109N27O29. The first-order valence-electron chi connectivity index (χ1n) is 46.4. The minimum absolute atomic E-state index is 0.0501. The van der Waals surface area contributed by atoms with Crippen LogP contribution in [-0.4, -0.2) is 379 Å². The van der Waals surface area contributed by atoms with E-state index >= 15 is 0 Å². The number of carboxylic acids is 2. The van der Waals surface area contributed by atoms with Gasteiger partial charge < -0.3 is 141 Å². The number of aromatic hydroxyl groups is 2. The van der Waals surface area contributed by atoms with Crippen LogP contribution in [-0.2, 0) is 69.9 Å². The number of nitrogens with zero attached hydrogens (tertiary/aromatic N) is 24. The Morgan fingerprint density at radius 3 is 1.00 bits per heavy atom. The summed E-state index contributed by atoms with van der Waals surface area (Å²) in [5.41, 5.74) is 10.4. The van der Waals surface area contributed by atoms with E-state index in [1.54, 1.807) is 60.9 Å². The van der Waals surface area contributed by atoms with E-state index in [4.69, 9.17) is 43.6 Å². The van der Waals surface area contributed by atoms with Crippen molar-refractivity contribution in [1.29, 1.82) is 0 Å². The molecule has 0 saturated carbocycles. The number of aromatic nitrogens is 24. The molecule has 21 N–H and O–H groups in total. The highest BCUT2D eigenvalue weighted by Crippen LogP contribution is 2.45. The Bertz CT molecular complexity index is 6320. The molecule has 28 atom stereocenters. The summed E-state index contributed by atoms with van der Waals surface area (Å²) in [6.07, 6.45) is -9.00. The maximum atomic E-state index is 12.0. The number of rotatable bonds is 38. The standard InChI is InChI=1S/C88H109N27O29/c1-5-47(137-87-67(90-39(3)120)51(89)25-61(143-87)85(133)134)13-9-7-11-45-27-108(100-92-45)69-63(35-116)140-82(78(130)73(69)125)113-31-54(96-105-113)43-19-21-44(22-20-43)55-32-114(106-97-55)83-79(131)76(128)72(66(38-119)141-83)111-33-56(98-103-111)49-23-59(123)50(24-58(49)122)57-34-115(107-99-57)84-80(132)75(127)71(65(37-118)142-84)110-29-52(94-102-110)41-15-17-42(18-16-41)53-30-112(104-95-53)81-77(129)74(126)70(64(36-117)139-81)109-28-46(93-101-109)12-8-10-14-48(6-2)138-88-68(91-40(4)121)60(124)26-62(144-88)86(135)136/h15-34,47-48,51,60,63-84,87-88,116-119,122-132H,5-14,35-38,89H2,1-4H3,(H,90,120)(H,91,121)(H,133,134)(H,135,136)/t47-,48-,51-,60-,63+,64+,65+,66+,67+,68+,69+,70+,71+,72+,73-,74-,75-,76-,77+,78+,79+,80+,81+,82+,83+,84+,87+,88+/m0/s1. The number of hydrogen-bond donors (Lipinski definition) is 20. The number of carboxylic acid groups (broad SMARTS) is 2. The van der Waals surface area contributed by atoms with Gasteiger partial charge in [-0.25, -0.2) is 47.0 Å². The van der Waals surface area contributed by atoms with Crippen LogP contribution in [0.3, 0.4) is 0 Å². The first-order chi connectivity index (χ1) is 69.3. The zero-order chi connectivity index (χ0) is 102. The fourth-order valence-corrected chi connectivity index (χ4v) is 18.6. The van der Waals surface area contributed by atoms with Gasteiger partial charge in [0.25, 0.3) is 0 Å². The number of aryl methyl sites for hydroxylation is 2. The van der Waals surface area contributed by atoms with E-state index in [9.17, 15) is 106 Å². The molecule has 8 aromatic heterocycles. The third-order valence-corrected chi connectivity index (χ3v) is 26.2. The number of aliphatic hydroxyl groups is 13. The molecule has 6 aliphatic heterocycles. The smallest absolute Gasteiger partial charge is 0.371 e. The number of carbonyl (C=O) groups excluding carboxylic acids is 2. The molecule has 0 radical (unpaired) electrons. The topological polar surface area (TPSA) is 782 Å². The third kappa shape index (κ3) is 21.4. The van der Waals surface area contributed by atoms with Crippen molar-refractivity contribution in [1.82, 2.24) is 131 Å². The number of ether oxygens (including phenoxy) is 8. The lowest BCUT2D eigenvalue weighted by Gasteiger charge is -2.41. The summed E-state index contributed by atoms with van der Waals surface area (Å²) in [4.78, 5) is 47.3. The lowest BCUT2D eigenvalue weighted by atomic mass is 9.95. The summed E-state index contributed by atoms with van der Waals surface area (Å²) >= 11 is 0. The number of phenols is 2. The van der Waals surface area contributed by atoms with E-state index in [1.807, 2.05) is 13.8 Å². The number of benzene rings is 3. The summed E-state index contributed by atoms with van der Waals surface area (Å²) in [5, 5.41) is 261. The van der Waals surface area contributed by atoms with E-state index in [2.05, 4.69) is 93.1 Å². The number of nitrogens with one attached hydrogen (secondary N) is 2. The van der Waals surface area contributed by atoms with Crippen LogP contribution in [0.4, 0.5) is 0 Å². The van der Waals surface area contributed by atoms with Crippen LogP contribution in [0.2, 0.25) is 0 Å². The molecule has 4 saturated heterocycles. The van der Waals surface area contributed by atoms with Gasteiger partial charge >= 0.3 is 11.9 Å². The van der Waals surface area contributed by atoms with Crippen molar-refractivity contribution in [2.45, 2.75) is 263 Å². The summed E-state index contributed by atoms with van der Waals surface area (Å²) in [7, 11) is 0. The van der Waals surface area contributed by atoms with Gasteiger partial charge in [-0.1, -0.05) is 117 Å². The van der Waals surface area contributed by atoms with E-state index in [0.717, 1.165) is 27.6 Å². The van der Waals surface area contributed by atoms with Crippen molar-refractivity contribution < 1.29 is 144 Å². The number of nitrogens with two attached hydrogens (primary N) is 1. The molecule has 770 valence electrons. The normalized spacial score (nSPS) is 29.2. The highest BCUT2D eigenvalue weighted by molar-refractivity contribution is 5.85. The van der Waals surface area contributed by atoms with E-state index in [0.29, 0.717) is 121 Å². The van der Waals surface area contributed by atoms with Gasteiger partial charge in [0.15, 0.2) is 24.9 Å². The average Bonchev–Trinajstić information content (AvgIpc) is 1.48. The van der Waals surface area contributed by atoms with Crippen molar-refractivity contribution in [3.63, 3.8) is 0 Å². The predicted octanol–water partition coefficient (Wildman–Crippen LogP) is -3.39. The van der Waals surface area contributed by atoms with Crippen LogP contribution >= 0.6 is 0 Å². The summed E-state index contributed by atoms with van der Waals surface area (Å²) < 4.78 is 57.6. The minimum Gasteiger partial charge on any atom is -0.507 e. The molecule has 0 aliphatic carbocycles. The van der Waals surface area contributed by atoms with Gasteiger partial charge in [0.1, 0.15) is 161 Å². The van der Waals surface area contributed by atoms with Gasteiger partial charge in [-0.2, -0.15) is 0 Å². The maximum Gasteiger partial charge on any atom is 0.371 e. The van der Waals surface area contributed by atoms with Crippen LogP contribution in [0, 0.1) is 0 Å². The minimum atomic E-state index is -1.76. The third-order valence-electron chi connectivity index (χ3n) is 26.2. The molecule has 11 aromatic rings. The molecule has 0 bridgehead atoms. The quantitative estimate of drug-likeness (QED) is 0.0133. The van der Waals surface area contributed by atoms with Crippen molar-refractivity contribution in [2.24, 2.45) is 5.73 Å². The molecule has 56 nitrogen and oxygen atoms in total. The van der Waals surface area contributed by atoms with Crippen LogP contribution < -0.4 is 16.4 Å². The molecular weight excluding hydrogens is 1900 g/mol. The molecule has 14 heterocycles. The lowest BCUT2D eigenvalue weighted by molar-refractivity contribution is -0.233. The highest BCUT2D eigenvalue weighted by atomic mass is 16.7. The van der Waals surface area contributed by atoms with E-state index < -0.39 is 233 Å². The van der Waals surface area contributed by atoms with E-state index in [-0.39, 0.29) is 34.4 Å². The van der Waals surface area contributed by atoms with Crippen LogP contribution in [0.25, 0.3) is 67.5 Å². The van der Waals surface area contributed by atoms with Gasteiger partial charge in [0.2, 0.25) is 35.9 Å². The Kier molecular flexibility index (Phi) is 31.2. The van der Waals surface area contributed by atoms with Crippen molar-refractivity contribution in [3.05, 3.63) is 145 Å². The summed E-state index contributed by atoms with van der Waals surface area (Å²) in [5.74, 6) is -5.42. The number of hydrogen-bond acceptors (Lipinski definition) is 44. The molecule has 0 unspecified atom stereocenters. The number of aliphatic carboxylic acids is 2. The van der Waals surface area contributed by atoms with Crippen LogP contribution in [0.1, 0.15) is 140 Å². The number of phenolic OH excluding ortho intramolecular Hbond substituents is 2. The lowest BCUT2D eigenvalue weighted by Crippen LogP contribution is -2.57. The molecule has 2 amide bonds. The number of carbonyl (C=O) groups is 4. The second-order valence-electron chi connectivity index (χ2n) is 35.8. The zero-order valence-corrected chi connectivity index (χ0v) is 77.4. The first-order valence-corrected chi connectivity index (χ1v) is 46.4. The molecule has 0 spiro atoms. The Morgan fingerprint density at radius 1 is 0.389 bits per heavy atom. The molecule has 3 aromatic carbocycles. The first kappa shape index (κ1) is 102. The van der Waals surface area contributed by atoms with Crippen LogP contribution in [0.15, 0.2) is 134 Å². The number of amides is 2. The van der Waals surface area contributed by atoms with Crippen molar-refractivity contribution in [3.8, 4) is 79.0 Å². The summed E-state index contributed by atoms with van der Waals surface area (Å²) in [6.45, 7) is 3.68. The Hall–Kier alpha value is -13.5. The fourth-order valence-electron chi connectivity index (χ4n) is 18.6. The van der Waals surface area contributed by atoms with Gasteiger partial charge in [-0.15, -0.1) is 40.8 Å². The molecule has 4 fully saturated rings. The Balaban J connectivity index is 0.468. The SMILES string of the molecule is CC[C@@H](CCCCc1cn([C@H]2[C@H](O)[C@@H](O)[C@H](n3cc(-c4ccc(-c5cn([C@@H]6O[C@H](CO)[C@@H](n7cc(-c8cc(O)c(-c9cn([C@@H]%10O[C@H](CO)[C@@H](n%11cc(-c%12ccc(-c%13cn([C@@H]%14O[C@H](CO)[C@@H](n%15cc(CCCC[C@H](CC)O[C@@H]%16OC(C(=O)O)=C[C@H](O)[C@H]%16NC(C)=O)nn%15)[C@H](O)[C@H]%14O)nn%13)cc%12)nn%11)[C@H](O)[C@H]%10O)nn9)cc8O)nn7)[C@H](O)[C@H]6O)nn5)cc4)nn3)O[C@@H]2CO)nn1)O[C@@H]1OC(C(=O)O)=C[C@H](N)[C@H]1NC(C)=O. The van der Waals surface area contributed by atoms with Gasteiger partial charge in [0, 0.05) is 59.6 Å². The van der Waals surface area contributed by atoms with Gasteiger partial charge in [-0.3, -0.25) is 9.59 Å². The molecule has 144 heavy (non-hydrogen) atoms. The molecule has 17 rings (SSSR count). The van der Waals surface area contributed by atoms with E-state index in [1.165, 1.54) is 85.2 Å². The monoisotopic (exact) mass is 2010 g/mol. The largest absolute Gasteiger partial charge is 0.507 e. The Labute approximate surface area is 814 Å². The average molecular weight is 2010 g/mol. The second-order valence-corrected chi connectivity index (χ2v) is 35.8. The molecule has 56 heteroatoms. The summed E-state index contributed by atoms with van der Waals surface area (Å²) in [6, 6.07) is 8.37. The van der Waals surface area contributed by atoms with Crippen molar-refractivity contribution >= 4 is 23.8 Å². The second kappa shape index (κ2) is 44.0. The molecule has 6 aliphatic rings. The maximum absolute atomic E-state index is 12.0. The number of aliphatic hydroxyl groups excluding tert-OH is 13. The van der Waals surface area contributed by atoms with Crippen molar-refractivity contribution in [2.75, 3.05) is 26.4 Å². The van der Waals surface area contributed by atoms with Gasteiger partial charge in [0.05, 0.1) is 93.2 Å². The zero-order valence-electron chi connectivity index (χ0n) is 77.4. The predicted molar refractivity (Wildman–Crippen MR) is 481 cm³/mol. The van der Waals surface area contributed by atoms with Crippen LogP contribution in [0.5, 0.6) is 11.5 Å². The number of unbranched alkanes of at least 4 members (excludes halogenated alkanes) is 2. The highest BCUT2D eigenvalue weighted by Gasteiger charge is 2.53.